The minimum Gasteiger partial charge on any atom is -0.494 e. The van der Waals surface area contributed by atoms with E-state index in [-0.39, 0.29) is 24.7 Å². The summed E-state index contributed by atoms with van der Waals surface area (Å²) < 4.78 is 10.6. The van der Waals surface area contributed by atoms with Gasteiger partial charge in [0.15, 0.2) is 0 Å². The minimum atomic E-state index is -0.346. The van der Waals surface area contributed by atoms with E-state index in [0.717, 1.165) is 11.5 Å². The van der Waals surface area contributed by atoms with Crippen LogP contribution < -0.4 is 15.5 Å². The third-order valence-electron chi connectivity index (χ3n) is 3.17. The standard InChI is InChI=1S/C18H21N3O4/c1-3-24-15-8-5-14(6-9-15)20-17(22)10-11-18(23)21-19-12-16-7-4-13(2)25-16/h4-9,12H,3,10-11H2,1-2H3,(H,20,22)(H,21,23)/b19-12+. The van der Waals surface area contributed by atoms with E-state index in [0.29, 0.717) is 18.1 Å². The average Bonchev–Trinajstić information content (AvgIpc) is 3.00. The lowest BCUT2D eigenvalue weighted by atomic mass is 10.2. The van der Waals surface area contributed by atoms with Gasteiger partial charge in [-0.2, -0.15) is 5.10 Å². The number of furan rings is 1. The molecule has 0 fully saturated rings. The molecule has 0 bridgehead atoms. The second-order valence-electron chi connectivity index (χ2n) is 5.25. The van der Waals surface area contributed by atoms with Crippen molar-refractivity contribution in [2.75, 3.05) is 11.9 Å². The molecule has 1 aromatic heterocycles. The first-order valence-corrected chi connectivity index (χ1v) is 7.98. The lowest BCUT2D eigenvalue weighted by Gasteiger charge is -2.06. The van der Waals surface area contributed by atoms with E-state index in [1.165, 1.54) is 6.21 Å². The predicted molar refractivity (Wildman–Crippen MR) is 94.7 cm³/mol. The molecule has 0 saturated heterocycles. The van der Waals surface area contributed by atoms with Gasteiger partial charge in [-0.3, -0.25) is 9.59 Å². The third kappa shape index (κ3) is 6.50. The van der Waals surface area contributed by atoms with Crippen LogP contribution in [0.25, 0.3) is 0 Å². The molecule has 0 aliphatic rings. The molecule has 7 heteroatoms. The van der Waals surface area contributed by atoms with Crippen molar-refractivity contribution in [2.45, 2.75) is 26.7 Å². The van der Waals surface area contributed by atoms with Crippen molar-refractivity contribution in [3.05, 3.63) is 47.9 Å². The van der Waals surface area contributed by atoms with Gasteiger partial charge in [0.2, 0.25) is 11.8 Å². The maximum atomic E-state index is 11.8. The molecule has 2 N–H and O–H groups in total. The van der Waals surface area contributed by atoms with E-state index in [1.807, 2.05) is 13.8 Å². The first kappa shape index (κ1) is 18.3. The Morgan fingerprint density at radius 2 is 1.84 bits per heavy atom. The Morgan fingerprint density at radius 3 is 2.48 bits per heavy atom. The number of carbonyl (C=O) groups is 2. The third-order valence-corrected chi connectivity index (χ3v) is 3.17. The molecule has 2 rings (SSSR count). The van der Waals surface area contributed by atoms with Crippen LogP contribution in [0.15, 0.2) is 45.9 Å². The topological polar surface area (TPSA) is 92.9 Å². The number of nitrogens with one attached hydrogen (secondary N) is 2. The summed E-state index contributed by atoms with van der Waals surface area (Å²) in [4.78, 5) is 23.5. The molecule has 7 nitrogen and oxygen atoms in total. The molecule has 2 amide bonds. The Kier molecular flexibility index (Phi) is 6.76. The van der Waals surface area contributed by atoms with Crippen molar-refractivity contribution in [3.63, 3.8) is 0 Å². The number of hydrogen-bond donors (Lipinski definition) is 2. The lowest BCUT2D eigenvalue weighted by molar-refractivity contribution is -0.124. The van der Waals surface area contributed by atoms with Gasteiger partial charge >= 0.3 is 0 Å². The molecule has 0 atom stereocenters. The molecule has 0 aliphatic carbocycles. The predicted octanol–water partition coefficient (Wildman–Crippen LogP) is 2.86. The number of ether oxygens (including phenoxy) is 1. The first-order chi connectivity index (χ1) is 12.1. The highest BCUT2D eigenvalue weighted by atomic mass is 16.5. The van der Waals surface area contributed by atoms with Crippen LogP contribution in [0.5, 0.6) is 5.75 Å². The van der Waals surface area contributed by atoms with Crippen molar-refractivity contribution in [1.29, 1.82) is 0 Å². The number of hydrazone groups is 1. The maximum absolute atomic E-state index is 11.8. The summed E-state index contributed by atoms with van der Waals surface area (Å²) in [5.41, 5.74) is 3.01. The number of aryl methyl sites for hydroxylation is 1. The summed E-state index contributed by atoms with van der Waals surface area (Å²) in [5, 5.41) is 6.50. The highest BCUT2D eigenvalue weighted by Gasteiger charge is 2.07. The van der Waals surface area contributed by atoms with Crippen LogP contribution >= 0.6 is 0 Å². The number of nitrogens with zero attached hydrogens (tertiary/aromatic N) is 1. The van der Waals surface area contributed by atoms with E-state index < -0.39 is 0 Å². The molecule has 0 saturated carbocycles. The van der Waals surface area contributed by atoms with Crippen LogP contribution in [-0.4, -0.2) is 24.6 Å². The van der Waals surface area contributed by atoms with Gasteiger partial charge in [-0.15, -0.1) is 0 Å². The fourth-order valence-electron chi connectivity index (χ4n) is 2.00. The smallest absolute Gasteiger partial charge is 0.240 e. The summed E-state index contributed by atoms with van der Waals surface area (Å²) in [5.74, 6) is 1.46. The molecule has 1 aromatic carbocycles. The van der Waals surface area contributed by atoms with Crippen LogP contribution in [-0.2, 0) is 9.59 Å². The number of carbonyl (C=O) groups excluding carboxylic acids is 2. The Morgan fingerprint density at radius 1 is 1.12 bits per heavy atom. The minimum absolute atomic E-state index is 0.0391. The number of benzene rings is 1. The number of rotatable bonds is 8. The summed E-state index contributed by atoms with van der Waals surface area (Å²) in [6.45, 7) is 4.31. The fraction of sp³-hybridized carbons (Fsp3) is 0.278. The van der Waals surface area contributed by atoms with Crippen molar-refractivity contribution >= 4 is 23.7 Å². The van der Waals surface area contributed by atoms with Crippen molar-refractivity contribution in [2.24, 2.45) is 5.10 Å². The summed E-state index contributed by atoms with van der Waals surface area (Å²) in [7, 11) is 0. The molecule has 0 unspecified atom stereocenters. The zero-order valence-corrected chi connectivity index (χ0v) is 14.2. The van der Waals surface area contributed by atoms with E-state index in [9.17, 15) is 9.59 Å². The number of anilines is 1. The van der Waals surface area contributed by atoms with Gasteiger partial charge in [0.1, 0.15) is 17.3 Å². The average molecular weight is 343 g/mol. The molecule has 132 valence electrons. The summed E-state index contributed by atoms with van der Waals surface area (Å²) in [6.07, 6.45) is 1.51. The van der Waals surface area contributed by atoms with Crippen LogP contribution in [0.2, 0.25) is 0 Å². The molecular formula is C18H21N3O4. The van der Waals surface area contributed by atoms with Gasteiger partial charge < -0.3 is 14.5 Å². The molecule has 0 radical (unpaired) electrons. The van der Waals surface area contributed by atoms with Gasteiger partial charge in [0.25, 0.3) is 0 Å². The molecule has 1 heterocycles. The van der Waals surface area contributed by atoms with E-state index in [4.69, 9.17) is 9.15 Å². The second-order valence-corrected chi connectivity index (χ2v) is 5.25. The highest BCUT2D eigenvalue weighted by Crippen LogP contribution is 2.15. The van der Waals surface area contributed by atoms with Gasteiger partial charge in [0.05, 0.1) is 12.8 Å². The van der Waals surface area contributed by atoms with Gasteiger partial charge in [-0.1, -0.05) is 0 Å². The normalized spacial score (nSPS) is 10.6. The summed E-state index contributed by atoms with van der Waals surface area (Å²) >= 11 is 0. The largest absolute Gasteiger partial charge is 0.494 e. The van der Waals surface area contributed by atoms with Gasteiger partial charge in [0, 0.05) is 18.5 Å². The van der Waals surface area contributed by atoms with Gasteiger partial charge in [-0.05, 0) is 50.2 Å². The first-order valence-electron chi connectivity index (χ1n) is 7.98. The van der Waals surface area contributed by atoms with Crippen LogP contribution in [0.1, 0.15) is 31.3 Å². The quantitative estimate of drug-likeness (QED) is 0.569. The zero-order chi connectivity index (χ0) is 18.1. The SMILES string of the molecule is CCOc1ccc(NC(=O)CCC(=O)N/N=C/c2ccc(C)o2)cc1. The Bertz CT molecular complexity index is 735. The molecular weight excluding hydrogens is 322 g/mol. The summed E-state index contributed by atoms with van der Waals surface area (Å²) in [6, 6.07) is 10.6. The number of amides is 2. The fourth-order valence-corrected chi connectivity index (χ4v) is 2.00. The highest BCUT2D eigenvalue weighted by molar-refractivity contribution is 5.93. The van der Waals surface area contributed by atoms with Crippen molar-refractivity contribution < 1.29 is 18.7 Å². The van der Waals surface area contributed by atoms with E-state index in [1.54, 1.807) is 36.4 Å². The Balaban J connectivity index is 1.70. The molecule has 0 spiro atoms. The van der Waals surface area contributed by atoms with Crippen molar-refractivity contribution in [3.8, 4) is 5.75 Å². The maximum Gasteiger partial charge on any atom is 0.240 e. The van der Waals surface area contributed by atoms with Crippen LogP contribution in [0.4, 0.5) is 5.69 Å². The Hall–Kier alpha value is -3.09. The van der Waals surface area contributed by atoms with E-state index in [2.05, 4.69) is 15.8 Å². The molecule has 0 aliphatic heterocycles. The molecule has 25 heavy (non-hydrogen) atoms. The zero-order valence-electron chi connectivity index (χ0n) is 14.2. The lowest BCUT2D eigenvalue weighted by Crippen LogP contribution is -2.20. The van der Waals surface area contributed by atoms with Gasteiger partial charge in [-0.25, -0.2) is 5.43 Å². The monoisotopic (exact) mass is 343 g/mol. The molecule has 2 aromatic rings. The van der Waals surface area contributed by atoms with Crippen LogP contribution in [0.3, 0.4) is 0 Å². The second kappa shape index (κ2) is 9.27. The number of hydrogen-bond acceptors (Lipinski definition) is 5. The van der Waals surface area contributed by atoms with E-state index >= 15 is 0 Å². The van der Waals surface area contributed by atoms with Crippen LogP contribution in [0, 0.1) is 6.92 Å². The Labute approximate surface area is 146 Å². The van der Waals surface area contributed by atoms with Crippen molar-refractivity contribution in [1.82, 2.24) is 5.43 Å².